The van der Waals surface area contributed by atoms with Crippen LogP contribution in [0.5, 0.6) is 5.75 Å². The number of hydrogen-bond acceptors (Lipinski definition) is 5. The number of carbonyl (C=O) groups excluding carboxylic acids is 2. The number of Topliss-reactive ketones (excluding diaryl/α,β-unsaturated/α-hetero) is 1. The number of aliphatic carboxylic acids is 1. The van der Waals surface area contributed by atoms with Crippen molar-refractivity contribution >= 4 is 28.6 Å². The topological polar surface area (TPSA) is 138 Å². The Balaban J connectivity index is 1.72. The van der Waals surface area contributed by atoms with Gasteiger partial charge in [0.2, 0.25) is 0 Å². The first-order valence-corrected chi connectivity index (χ1v) is 9.38. The summed E-state index contributed by atoms with van der Waals surface area (Å²) in [6.07, 6.45) is 1.60. The number of rotatable bonds is 9. The number of nitrogens with zero attached hydrogens (tertiary/aromatic N) is 1. The van der Waals surface area contributed by atoms with Crippen molar-refractivity contribution in [2.24, 2.45) is 18.5 Å². The molecule has 1 amide bonds. The highest BCUT2D eigenvalue weighted by Crippen LogP contribution is 2.26. The molecule has 1 aromatic heterocycles. The molecular formula is C22H23N3O5. The number of nitrogens with two attached hydrogens (primary N) is 2. The lowest BCUT2D eigenvalue weighted by Gasteiger charge is -2.11. The summed E-state index contributed by atoms with van der Waals surface area (Å²) in [6.45, 7) is 0.204. The molecule has 3 rings (SSSR count). The van der Waals surface area contributed by atoms with Crippen molar-refractivity contribution in [1.82, 2.24) is 4.57 Å². The van der Waals surface area contributed by atoms with Crippen molar-refractivity contribution in [3.05, 3.63) is 65.4 Å². The lowest BCUT2D eigenvalue weighted by atomic mass is 9.99. The Hall–Kier alpha value is -3.65. The van der Waals surface area contributed by atoms with E-state index in [9.17, 15) is 14.4 Å². The fourth-order valence-electron chi connectivity index (χ4n) is 3.26. The standard InChI is InChI=1S/C22H23N3O5/c1-25-11-17(22(24)29)16-10-15(5-7-19(16)25)30-12-13-3-2-4-14(9-13)21(28)18(23)6-8-20(26)27/h2-5,7,9-11,18H,6,8,12,23H2,1H3,(H2,24,29)(H,26,27)/t18-/m0/s1. The molecule has 3 aromatic rings. The Morgan fingerprint density at radius 3 is 2.63 bits per heavy atom. The average Bonchev–Trinajstić information content (AvgIpc) is 3.06. The van der Waals surface area contributed by atoms with Crippen LogP contribution in [0.15, 0.2) is 48.7 Å². The maximum atomic E-state index is 12.4. The fraction of sp³-hybridized carbons (Fsp3) is 0.227. The van der Waals surface area contributed by atoms with Gasteiger partial charge >= 0.3 is 5.97 Å². The number of carbonyl (C=O) groups is 3. The SMILES string of the molecule is Cn1cc(C(N)=O)c2cc(OCc3cccc(C(=O)[C@@H](N)CCC(=O)O)c3)ccc21. The highest BCUT2D eigenvalue weighted by molar-refractivity contribution is 6.06. The molecule has 0 bridgehead atoms. The van der Waals surface area contributed by atoms with Gasteiger partial charge in [0.25, 0.3) is 5.91 Å². The maximum Gasteiger partial charge on any atom is 0.303 e. The molecule has 8 heteroatoms. The number of hydrogen-bond donors (Lipinski definition) is 3. The second-order valence-electron chi connectivity index (χ2n) is 7.09. The van der Waals surface area contributed by atoms with E-state index in [1.54, 1.807) is 36.5 Å². The molecule has 1 heterocycles. The highest BCUT2D eigenvalue weighted by atomic mass is 16.5. The van der Waals surface area contributed by atoms with Crippen LogP contribution in [0.2, 0.25) is 0 Å². The van der Waals surface area contributed by atoms with Crippen molar-refractivity contribution in [1.29, 1.82) is 0 Å². The lowest BCUT2D eigenvalue weighted by Crippen LogP contribution is -2.31. The molecule has 0 aliphatic rings. The molecule has 0 fully saturated rings. The van der Waals surface area contributed by atoms with Gasteiger partial charge in [0.05, 0.1) is 11.6 Å². The number of carboxylic acids is 1. The molecule has 2 aromatic carbocycles. The fourth-order valence-corrected chi connectivity index (χ4v) is 3.26. The number of primary amides is 1. The van der Waals surface area contributed by atoms with Gasteiger partial charge in [-0.05, 0) is 36.2 Å². The summed E-state index contributed by atoms with van der Waals surface area (Å²) in [5.74, 6) is -1.25. The number of ether oxygens (including phenoxy) is 1. The summed E-state index contributed by atoms with van der Waals surface area (Å²) in [5.41, 5.74) is 13.7. The van der Waals surface area contributed by atoms with Crippen molar-refractivity contribution in [2.45, 2.75) is 25.5 Å². The molecule has 5 N–H and O–H groups in total. The van der Waals surface area contributed by atoms with Gasteiger partial charge < -0.3 is 25.9 Å². The molecule has 0 unspecified atom stereocenters. The number of benzene rings is 2. The van der Waals surface area contributed by atoms with E-state index in [-0.39, 0.29) is 25.2 Å². The Bertz CT molecular complexity index is 1120. The second-order valence-corrected chi connectivity index (χ2v) is 7.09. The number of carboxylic acid groups (broad SMARTS) is 1. The predicted octanol–water partition coefficient (Wildman–Crippen LogP) is 2.23. The average molecular weight is 409 g/mol. The van der Waals surface area contributed by atoms with Crippen LogP contribution in [0.25, 0.3) is 10.9 Å². The van der Waals surface area contributed by atoms with E-state index < -0.39 is 17.9 Å². The Labute approximate surface area is 173 Å². The van der Waals surface area contributed by atoms with Gasteiger partial charge in [-0.2, -0.15) is 0 Å². The van der Waals surface area contributed by atoms with E-state index in [2.05, 4.69) is 0 Å². The van der Waals surface area contributed by atoms with Crippen LogP contribution in [-0.2, 0) is 18.4 Å². The quantitative estimate of drug-likeness (QED) is 0.463. The zero-order valence-corrected chi connectivity index (χ0v) is 16.5. The van der Waals surface area contributed by atoms with E-state index in [0.29, 0.717) is 22.3 Å². The second kappa shape index (κ2) is 8.79. The first kappa shape index (κ1) is 21.1. The summed E-state index contributed by atoms with van der Waals surface area (Å²) in [5, 5.41) is 9.45. The third kappa shape index (κ3) is 4.66. The Morgan fingerprint density at radius 2 is 1.93 bits per heavy atom. The molecule has 0 saturated carbocycles. The number of aryl methyl sites for hydroxylation is 1. The number of ketones is 1. The summed E-state index contributed by atoms with van der Waals surface area (Å²) in [7, 11) is 1.83. The first-order valence-electron chi connectivity index (χ1n) is 9.38. The van der Waals surface area contributed by atoms with E-state index in [4.69, 9.17) is 21.3 Å². The summed E-state index contributed by atoms with van der Waals surface area (Å²) in [4.78, 5) is 34.7. The molecule has 30 heavy (non-hydrogen) atoms. The van der Waals surface area contributed by atoms with Gasteiger partial charge in [-0.1, -0.05) is 18.2 Å². The molecular weight excluding hydrogens is 386 g/mol. The van der Waals surface area contributed by atoms with Gasteiger partial charge in [-0.3, -0.25) is 14.4 Å². The van der Waals surface area contributed by atoms with E-state index in [1.807, 2.05) is 23.7 Å². The minimum absolute atomic E-state index is 0.0776. The molecule has 8 nitrogen and oxygen atoms in total. The Kier molecular flexibility index (Phi) is 6.17. The minimum atomic E-state index is -0.990. The van der Waals surface area contributed by atoms with E-state index in [1.165, 1.54) is 0 Å². The van der Waals surface area contributed by atoms with Crippen LogP contribution in [0.3, 0.4) is 0 Å². The van der Waals surface area contributed by atoms with Crippen molar-refractivity contribution in [3.63, 3.8) is 0 Å². The largest absolute Gasteiger partial charge is 0.489 e. The predicted molar refractivity (Wildman–Crippen MR) is 111 cm³/mol. The van der Waals surface area contributed by atoms with Gasteiger partial charge in [0.1, 0.15) is 12.4 Å². The number of fused-ring (bicyclic) bond motifs is 1. The van der Waals surface area contributed by atoms with Gasteiger partial charge in [0, 0.05) is 36.1 Å². The normalized spacial score (nSPS) is 11.9. The maximum absolute atomic E-state index is 12.4. The molecule has 0 saturated heterocycles. The van der Waals surface area contributed by atoms with Gasteiger partial charge in [0.15, 0.2) is 5.78 Å². The smallest absolute Gasteiger partial charge is 0.303 e. The summed E-state index contributed by atoms with van der Waals surface area (Å²) >= 11 is 0. The first-order chi connectivity index (χ1) is 14.3. The van der Waals surface area contributed by atoms with E-state index in [0.717, 1.165) is 11.1 Å². The van der Waals surface area contributed by atoms with Crippen LogP contribution >= 0.6 is 0 Å². The van der Waals surface area contributed by atoms with Crippen molar-refractivity contribution in [3.8, 4) is 5.75 Å². The third-order valence-corrected chi connectivity index (χ3v) is 4.85. The van der Waals surface area contributed by atoms with Crippen molar-refractivity contribution in [2.75, 3.05) is 0 Å². The summed E-state index contributed by atoms with van der Waals surface area (Å²) in [6, 6.07) is 11.4. The Morgan fingerprint density at radius 1 is 1.17 bits per heavy atom. The number of aromatic nitrogens is 1. The minimum Gasteiger partial charge on any atom is -0.489 e. The molecule has 0 radical (unpaired) electrons. The molecule has 156 valence electrons. The van der Waals surface area contributed by atoms with Crippen molar-refractivity contribution < 1.29 is 24.2 Å². The lowest BCUT2D eigenvalue weighted by molar-refractivity contribution is -0.137. The highest BCUT2D eigenvalue weighted by Gasteiger charge is 2.17. The van der Waals surface area contributed by atoms with Crippen LogP contribution in [0.4, 0.5) is 0 Å². The molecule has 0 spiro atoms. The monoisotopic (exact) mass is 409 g/mol. The molecule has 1 atom stereocenters. The van der Waals surface area contributed by atoms with E-state index >= 15 is 0 Å². The van der Waals surface area contributed by atoms with Gasteiger partial charge in [-0.15, -0.1) is 0 Å². The van der Waals surface area contributed by atoms with Crippen LogP contribution < -0.4 is 16.2 Å². The summed E-state index contributed by atoms with van der Waals surface area (Å²) < 4.78 is 7.66. The van der Waals surface area contributed by atoms with Crippen LogP contribution in [0.1, 0.15) is 39.1 Å². The van der Waals surface area contributed by atoms with Crippen LogP contribution in [0, 0.1) is 0 Å². The van der Waals surface area contributed by atoms with Crippen LogP contribution in [-0.4, -0.2) is 33.4 Å². The zero-order valence-electron chi connectivity index (χ0n) is 16.5. The number of amides is 1. The molecule has 0 aliphatic heterocycles. The molecule has 0 aliphatic carbocycles. The zero-order chi connectivity index (χ0) is 21.8. The third-order valence-electron chi connectivity index (χ3n) is 4.85. The van der Waals surface area contributed by atoms with Gasteiger partial charge in [-0.25, -0.2) is 0 Å².